The van der Waals surface area contributed by atoms with Crippen LogP contribution in [0.4, 0.5) is 5.69 Å². The lowest BCUT2D eigenvalue weighted by Crippen LogP contribution is -2.46. The molecule has 40 heavy (non-hydrogen) atoms. The Labute approximate surface area is 230 Å². The van der Waals surface area contributed by atoms with Crippen molar-refractivity contribution in [2.75, 3.05) is 25.7 Å². The first-order chi connectivity index (χ1) is 19.0. The van der Waals surface area contributed by atoms with Crippen LogP contribution in [-0.4, -0.2) is 54.1 Å². The summed E-state index contributed by atoms with van der Waals surface area (Å²) in [5.74, 6) is -1.17. The molecule has 3 N–H and O–H groups in total. The third-order valence-electron chi connectivity index (χ3n) is 6.17. The topological polar surface area (TPSA) is 147 Å². The van der Waals surface area contributed by atoms with E-state index in [9.17, 15) is 29.7 Å². The van der Waals surface area contributed by atoms with Crippen molar-refractivity contribution in [2.45, 2.75) is 26.8 Å². The summed E-state index contributed by atoms with van der Waals surface area (Å²) >= 11 is 0. The third kappa shape index (κ3) is 6.41. The Hall–Kier alpha value is -4.83. The number of benzene rings is 3. The molecular formula is C30H31NO9. The number of carbonyl (C=O) groups is 2. The van der Waals surface area contributed by atoms with E-state index in [2.05, 4.69) is 0 Å². The van der Waals surface area contributed by atoms with Crippen LogP contribution in [0.5, 0.6) is 17.2 Å². The highest BCUT2D eigenvalue weighted by atomic mass is 16.5. The number of aromatic hydroxyl groups is 3. The zero-order valence-corrected chi connectivity index (χ0v) is 22.8. The first kappa shape index (κ1) is 29.7. The summed E-state index contributed by atoms with van der Waals surface area (Å²) in [4.78, 5) is 37.9. The summed E-state index contributed by atoms with van der Waals surface area (Å²) in [5.41, 5.74) is 3.09. The lowest BCUT2D eigenvalue weighted by atomic mass is 10.0. The molecule has 210 valence electrons. The highest BCUT2D eigenvalue weighted by Gasteiger charge is 2.30. The van der Waals surface area contributed by atoms with Gasteiger partial charge >= 0.3 is 5.97 Å². The Kier molecular flexibility index (Phi) is 9.52. The number of phenolic OH excluding ortho intramolecular Hbond substituents is 3. The van der Waals surface area contributed by atoms with Crippen molar-refractivity contribution in [3.8, 4) is 28.4 Å². The predicted octanol–water partition coefficient (Wildman–Crippen LogP) is 4.42. The molecule has 0 spiro atoms. The van der Waals surface area contributed by atoms with Crippen LogP contribution in [0, 0.1) is 13.8 Å². The van der Waals surface area contributed by atoms with E-state index in [1.165, 1.54) is 43.6 Å². The first-order valence-electron chi connectivity index (χ1n) is 12.2. The van der Waals surface area contributed by atoms with E-state index in [1.54, 1.807) is 19.1 Å². The van der Waals surface area contributed by atoms with E-state index < -0.39 is 17.4 Å². The Morgan fingerprint density at radius 2 is 1.57 bits per heavy atom. The van der Waals surface area contributed by atoms with Crippen molar-refractivity contribution in [1.29, 1.82) is 0 Å². The molecule has 0 aliphatic rings. The second kappa shape index (κ2) is 12.8. The van der Waals surface area contributed by atoms with Gasteiger partial charge in [0.25, 0.3) is 5.91 Å². The number of fused-ring (bicyclic) bond motifs is 1. The number of carbonyl (C=O) groups excluding carboxylic acids is 2. The SMILES string of the molecule is COCC(=O)N(c1c(C)cccc1C)C(C)C(=O)OC.O=c1c(-c2ccc(O)cc2)coc2cc(O)cc(O)c12. The van der Waals surface area contributed by atoms with Crippen LogP contribution in [0.3, 0.4) is 0 Å². The molecule has 1 amide bonds. The van der Waals surface area contributed by atoms with E-state index in [0.29, 0.717) is 5.56 Å². The quantitative estimate of drug-likeness (QED) is 0.297. The number of esters is 1. The molecule has 0 saturated carbocycles. The fourth-order valence-electron chi connectivity index (χ4n) is 4.25. The molecular weight excluding hydrogens is 518 g/mol. The molecule has 1 unspecified atom stereocenters. The number of para-hydroxylation sites is 1. The number of hydrogen-bond acceptors (Lipinski definition) is 9. The summed E-state index contributed by atoms with van der Waals surface area (Å²) in [5, 5.41) is 28.4. The van der Waals surface area contributed by atoms with Gasteiger partial charge in [-0.05, 0) is 49.6 Å². The van der Waals surface area contributed by atoms with Gasteiger partial charge < -0.3 is 29.2 Å². The molecule has 1 aromatic heterocycles. The molecule has 10 nitrogen and oxygen atoms in total. The summed E-state index contributed by atoms with van der Waals surface area (Å²) in [6, 6.07) is 13.4. The maximum atomic E-state index is 12.4. The van der Waals surface area contributed by atoms with E-state index in [0.717, 1.165) is 22.9 Å². The van der Waals surface area contributed by atoms with Crippen LogP contribution in [0.25, 0.3) is 22.1 Å². The zero-order chi connectivity index (χ0) is 29.6. The molecule has 0 bridgehead atoms. The van der Waals surface area contributed by atoms with Gasteiger partial charge in [-0.15, -0.1) is 0 Å². The highest BCUT2D eigenvalue weighted by Crippen LogP contribution is 2.30. The zero-order valence-electron chi connectivity index (χ0n) is 22.8. The minimum Gasteiger partial charge on any atom is -0.508 e. The molecule has 3 aromatic carbocycles. The third-order valence-corrected chi connectivity index (χ3v) is 6.17. The molecule has 1 heterocycles. The number of methoxy groups -OCH3 is 2. The van der Waals surface area contributed by atoms with Gasteiger partial charge in [-0.1, -0.05) is 30.3 Å². The van der Waals surface area contributed by atoms with Gasteiger partial charge in [0, 0.05) is 19.2 Å². The monoisotopic (exact) mass is 549 g/mol. The van der Waals surface area contributed by atoms with Crippen LogP contribution in [0.15, 0.2) is 70.1 Å². The van der Waals surface area contributed by atoms with Crippen LogP contribution < -0.4 is 10.3 Å². The maximum absolute atomic E-state index is 12.4. The predicted molar refractivity (Wildman–Crippen MR) is 150 cm³/mol. The number of nitrogens with zero attached hydrogens (tertiary/aromatic N) is 1. The van der Waals surface area contributed by atoms with Crippen molar-refractivity contribution in [3.63, 3.8) is 0 Å². The summed E-state index contributed by atoms with van der Waals surface area (Å²) in [6.07, 6.45) is 1.26. The lowest BCUT2D eigenvalue weighted by molar-refractivity contribution is -0.143. The van der Waals surface area contributed by atoms with E-state index in [-0.39, 0.29) is 46.3 Å². The number of anilines is 1. The maximum Gasteiger partial charge on any atom is 0.328 e. The van der Waals surface area contributed by atoms with Crippen LogP contribution >= 0.6 is 0 Å². The Balaban J connectivity index is 0.000000220. The van der Waals surface area contributed by atoms with Crippen LogP contribution in [0.1, 0.15) is 18.1 Å². The minimum atomic E-state index is -0.706. The van der Waals surface area contributed by atoms with Gasteiger partial charge in [0.1, 0.15) is 47.1 Å². The van der Waals surface area contributed by atoms with Gasteiger partial charge in [-0.3, -0.25) is 14.5 Å². The number of amides is 1. The fraction of sp³-hybridized carbons (Fsp3) is 0.233. The number of ether oxygens (including phenoxy) is 2. The van der Waals surface area contributed by atoms with Crippen molar-refractivity contribution in [2.24, 2.45) is 0 Å². The highest BCUT2D eigenvalue weighted by molar-refractivity contribution is 6.01. The summed E-state index contributed by atoms with van der Waals surface area (Å²) in [6.45, 7) is 5.36. The first-order valence-corrected chi connectivity index (χ1v) is 12.2. The Bertz CT molecular complexity index is 1550. The van der Waals surface area contributed by atoms with Crippen molar-refractivity contribution >= 4 is 28.5 Å². The van der Waals surface area contributed by atoms with Crippen LogP contribution in [0.2, 0.25) is 0 Å². The molecule has 0 aliphatic carbocycles. The van der Waals surface area contributed by atoms with Gasteiger partial charge in [0.05, 0.1) is 18.4 Å². The van der Waals surface area contributed by atoms with Gasteiger partial charge in [0.15, 0.2) is 0 Å². The van der Waals surface area contributed by atoms with Crippen molar-refractivity contribution < 1.29 is 38.8 Å². The second-order valence-corrected chi connectivity index (χ2v) is 9.00. The summed E-state index contributed by atoms with van der Waals surface area (Å²) in [7, 11) is 2.76. The molecule has 0 saturated heterocycles. The number of aryl methyl sites for hydroxylation is 2. The molecule has 4 rings (SSSR count). The molecule has 0 aliphatic heterocycles. The largest absolute Gasteiger partial charge is 0.508 e. The standard InChI is InChI=1S/C15H21NO4.C15H10O5/c1-10-7-6-8-11(2)14(10)16(13(17)9-19-4)12(3)15(18)20-5;16-9-3-1-8(2-4-9)11-7-20-13-6-10(17)5-12(18)14(13)15(11)19/h6-8,12H,9H2,1-5H3;1-7,16-18H. The smallest absolute Gasteiger partial charge is 0.328 e. The number of phenols is 3. The molecule has 1 atom stereocenters. The molecule has 0 fully saturated rings. The molecule has 0 radical (unpaired) electrons. The van der Waals surface area contributed by atoms with Gasteiger partial charge in [-0.2, -0.15) is 0 Å². The van der Waals surface area contributed by atoms with Crippen LogP contribution in [-0.2, 0) is 19.1 Å². The minimum absolute atomic E-state index is 0.00775. The van der Waals surface area contributed by atoms with Crippen molar-refractivity contribution in [1.82, 2.24) is 0 Å². The Morgan fingerprint density at radius 1 is 0.950 bits per heavy atom. The van der Waals surface area contributed by atoms with E-state index >= 15 is 0 Å². The number of rotatable bonds is 6. The fourth-order valence-corrected chi connectivity index (χ4v) is 4.25. The summed E-state index contributed by atoms with van der Waals surface area (Å²) < 4.78 is 14.9. The number of hydrogen-bond donors (Lipinski definition) is 3. The molecule has 4 aromatic rings. The normalized spacial score (nSPS) is 11.3. The molecule has 10 heteroatoms. The van der Waals surface area contributed by atoms with Gasteiger partial charge in [-0.25, -0.2) is 4.79 Å². The second-order valence-electron chi connectivity index (χ2n) is 9.00. The van der Waals surface area contributed by atoms with Gasteiger partial charge in [0.2, 0.25) is 5.43 Å². The van der Waals surface area contributed by atoms with Crippen molar-refractivity contribution in [3.05, 3.63) is 82.2 Å². The average molecular weight is 550 g/mol. The van der Waals surface area contributed by atoms with E-state index in [1.807, 2.05) is 32.0 Å². The lowest BCUT2D eigenvalue weighted by Gasteiger charge is -2.30. The Morgan fingerprint density at radius 3 is 2.15 bits per heavy atom. The van der Waals surface area contributed by atoms with E-state index in [4.69, 9.17) is 13.9 Å². The average Bonchev–Trinajstić information content (AvgIpc) is 2.91.